The first kappa shape index (κ1) is 11.4. The fraction of sp³-hybridized carbons (Fsp3) is 1.00. The third-order valence-electron chi connectivity index (χ3n) is 1.76. The average molecular weight is 221 g/mol. The Morgan fingerprint density at radius 2 is 0.818 bits per heavy atom. The SMILES string of the molecule is C[CH](C)[Sc]([F])([F])([F])([F])([F])([F])[F]. The van der Waals surface area contributed by atoms with Gasteiger partial charge < -0.3 is 0 Å². The van der Waals surface area contributed by atoms with E-state index in [-0.39, 0.29) is 13.8 Å². The third kappa shape index (κ3) is 3.53. The van der Waals surface area contributed by atoms with Gasteiger partial charge in [0, 0.05) is 0 Å². The van der Waals surface area contributed by atoms with Crippen molar-refractivity contribution in [2.24, 2.45) is 0 Å². The van der Waals surface area contributed by atoms with Crippen LogP contribution in [-0.4, -0.2) is 0 Å². The quantitative estimate of drug-likeness (QED) is 0.579. The molecule has 8 heteroatoms. The second kappa shape index (κ2) is 0.927. The van der Waals surface area contributed by atoms with Crippen molar-refractivity contribution in [1.82, 2.24) is 0 Å². The number of hydrogen-bond donors (Lipinski definition) is 0. The zero-order valence-electron chi connectivity index (χ0n) is 5.80. The molecule has 0 fully saturated rings. The van der Waals surface area contributed by atoms with Gasteiger partial charge in [0.25, 0.3) is 0 Å². The van der Waals surface area contributed by atoms with E-state index >= 15 is 0 Å². The van der Waals surface area contributed by atoms with Crippen LogP contribution in [0.3, 0.4) is 0 Å². The molecule has 0 saturated carbocycles. The zero-order chi connectivity index (χ0) is 9.93. The van der Waals surface area contributed by atoms with Gasteiger partial charge in [-0.15, -0.1) is 0 Å². The molecule has 0 amide bonds. The standard InChI is InChI=1S/C3H7.7FH.Sc/c1-3-2;;;;;;;;/h3H,1-2H3;7*1H;/q;;;;;;;;+7/p-7. The Hall–Kier alpha value is 0.380. The van der Waals surface area contributed by atoms with Crippen LogP contribution in [0.4, 0.5) is 18.7 Å². The van der Waals surface area contributed by atoms with Crippen molar-refractivity contribution in [2.45, 2.75) is 17.5 Å². The average Bonchev–Trinajstić information content (AvgIpc) is 1.18. The van der Waals surface area contributed by atoms with Crippen LogP contribution in [0.25, 0.3) is 0 Å². The second-order valence-electron chi connectivity index (χ2n) is 3.86. The summed E-state index contributed by atoms with van der Waals surface area (Å²) >= 11 is -14.1. The molecule has 71 valence electrons. The van der Waals surface area contributed by atoms with Gasteiger partial charge >= 0.3 is 54.5 Å². The molecular weight excluding hydrogens is 214 g/mol. The topological polar surface area (TPSA) is 0 Å². The number of rotatable bonds is 1. The van der Waals surface area contributed by atoms with Crippen molar-refractivity contribution >= 4 is 0 Å². The molecule has 0 bridgehead atoms. The normalized spacial score (nSPS) is 28.2. The molecule has 0 heterocycles. The van der Waals surface area contributed by atoms with E-state index in [4.69, 9.17) is 0 Å². The minimum atomic E-state index is -14.1. The van der Waals surface area contributed by atoms with Crippen LogP contribution in [0, 0.1) is 0 Å². The molecule has 0 aromatic carbocycles. The van der Waals surface area contributed by atoms with E-state index in [0.29, 0.717) is 0 Å². The summed E-state index contributed by atoms with van der Waals surface area (Å²) in [6.07, 6.45) is 0. The van der Waals surface area contributed by atoms with Gasteiger partial charge in [-0.1, -0.05) is 0 Å². The Labute approximate surface area is 54.9 Å². The van der Waals surface area contributed by atoms with Crippen LogP contribution in [-0.2, 0) is 18.3 Å². The van der Waals surface area contributed by atoms with E-state index in [1.54, 1.807) is 0 Å². The van der Waals surface area contributed by atoms with Crippen molar-refractivity contribution in [3.63, 3.8) is 0 Å². The predicted octanol–water partition coefficient (Wildman–Crippen LogP) is 4.30. The van der Waals surface area contributed by atoms with Gasteiger partial charge in [0.2, 0.25) is 0 Å². The second-order valence-corrected chi connectivity index (χ2v) is 14.1. The van der Waals surface area contributed by atoms with Gasteiger partial charge in [0.15, 0.2) is 0 Å². The van der Waals surface area contributed by atoms with Crippen LogP contribution in [0.1, 0.15) is 13.8 Å². The van der Waals surface area contributed by atoms with Gasteiger partial charge in [-0.2, -0.15) is 0 Å². The molecule has 0 nitrogen and oxygen atoms in total. The monoisotopic (exact) mass is 221 g/mol. The maximum absolute atomic E-state index is 14.1. The summed E-state index contributed by atoms with van der Waals surface area (Å²) in [6, 6.07) is 0. The molecular formula is C3H7F7Sc. The van der Waals surface area contributed by atoms with Crippen LogP contribution in [0.2, 0.25) is 3.67 Å². The van der Waals surface area contributed by atoms with Crippen molar-refractivity contribution in [1.29, 1.82) is 0 Å². The van der Waals surface area contributed by atoms with Crippen molar-refractivity contribution in [2.75, 3.05) is 0 Å². The summed E-state index contributed by atoms with van der Waals surface area (Å²) in [6.45, 7) is -0.521. The molecule has 0 rings (SSSR count). The van der Waals surface area contributed by atoms with Crippen LogP contribution in [0.5, 0.6) is 0 Å². The van der Waals surface area contributed by atoms with E-state index in [2.05, 4.69) is 0 Å². The fourth-order valence-corrected chi connectivity index (χ4v) is 0. The summed E-state index contributed by atoms with van der Waals surface area (Å²) < 4.78 is 76.1. The Morgan fingerprint density at radius 1 is 0.727 bits per heavy atom. The van der Waals surface area contributed by atoms with Gasteiger partial charge in [0.1, 0.15) is 0 Å². The molecule has 0 N–H and O–H groups in total. The number of hydrogen-bond acceptors (Lipinski definition) is 0. The van der Waals surface area contributed by atoms with Gasteiger partial charge in [0.05, 0.1) is 0 Å². The van der Waals surface area contributed by atoms with Crippen LogP contribution in [0.15, 0.2) is 0 Å². The first-order valence-corrected chi connectivity index (χ1v) is 8.83. The summed E-state index contributed by atoms with van der Waals surface area (Å²) in [5.41, 5.74) is 0. The molecule has 0 atom stereocenters. The van der Waals surface area contributed by atoms with E-state index in [9.17, 15) is 18.7 Å². The summed E-state index contributed by atoms with van der Waals surface area (Å²) in [5.74, 6) is 0. The van der Waals surface area contributed by atoms with E-state index in [1.165, 1.54) is 0 Å². The molecule has 11 heavy (non-hydrogen) atoms. The van der Waals surface area contributed by atoms with Gasteiger partial charge in [-0.3, -0.25) is 0 Å². The van der Waals surface area contributed by atoms with Crippen molar-refractivity contribution in [3.8, 4) is 0 Å². The fourth-order valence-electron chi connectivity index (χ4n) is 0. The predicted molar refractivity (Wildman–Crippen MR) is 22.9 cm³/mol. The molecule has 0 saturated heterocycles. The summed E-state index contributed by atoms with van der Waals surface area (Å²) in [7, 11) is 0. The Kier molecular flexibility index (Phi) is 0.960. The van der Waals surface area contributed by atoms with E-state index < -0.39 is 22.0 Å². The third-order valence-corrected chi connectivity index (χ3v) is 7.27. The Balaban J connectivity index is 6.06. The Morgan fingerprint density at radius 3 is 0.818 bits per heavy atom. The summed E-state index contributed by atoms with van der Waals surface area (Å²) in [5, 5.41) is 0. The van der Waals surface area contributed by atoms with Gasteiger partial charge in [-0.25, -0.2) is 0 Å². The van der Waals surface area contributed by atoms with E-state index in [0.717, 1.165) is 0 Å². The first-order chi connectivity index (χ1) is 3.83. The van der Waals surface area contributed by atoms with Crippen molar-refractivity contribution < 1.29 is 37.0 Å². The molecule has 0 unspecified atom stereocenters. The van der Waals surface area contributed by atoms with Crippen LogP contribution >= 0.6 is 0 Å². The molecule has 0 aromatic heterocycles. The van der Waals surface area contributed by atoms with Gasteiger partial charge in [-0.05, 0) is 0 Å². The summed E-state index contributed by atoms with van der Waals surface area (Å²) in [4.78, 5) is 0. The molecule has 0 aromatic rings. The minimum absolute atomic E-state index is 0.260. The maximum atomic E-state index is 11.4. The molecule has 0 aliphatic heterocycles. The molecule has 0 aliphatic carbocycles. The van der Waals surface area contributed by atoms with E-state index in [1.807, 2.05) is 0 Å². The molecule has 0 aliphatic rings. The van der Waals surface area contributed by atoms with Crippen molar-refractivity contribution in [3.05, 3.63) is 0 Å². The molecule has 0 spiro atoms. The Bertz CT molecular complexity index is 207. The van der Waals surface area contributed by atoms with Crippen LogP contribution < -0.4 is 0 Å². The number of halogens is 7. The first-order valence-electron chi connectivity index (χ1n) is 3.02. The zero-order valence-corrected chi connectivity index (χ0v) is 7.60. The molecule has 0 radical (unpaired) electrons.